The fraction of sp³-hybridized carbons (Fsp3) is 0.304. The molecule has 1 aliphatic rings. The van der Waals surface area contributed by atoms with Gasteiger partial charge in [0, 0.05) is 25.7 Å². The van der Waals surface area contributed by atoms with Crippen molar-refractivity contribution in [3.63, 3.8) is 0 Å². The summed E-state index contributed by atoms with van der Waals surface area (Å²) in [7, 11) is 0. The molecule has 2 aromatic carbocycles. The summed E-state index contributed by atoms with van der Waals surface area (Å²) in [4.78, 5) is 18.4. The average Bonchev–Trinajstić information content (AvgIpc) is 2.73. The highest BCUT2D eigenvalue weighted by Crippen LogP contribution is 2.23. The second kappa shape index (κ2) is 8.43. The first-order valence-electron chi connectivity index (χ1n) is 9.94. The smallest absolute Gasteiger partial charge is 0.262 e. The first-order valence-corrected chi connectivity index (χ1v) is 10.3. The lowest BCUT2D eigenvalue weighted by Gasteiger charge is -2.28. The van der Waals surface area contributed by atoms with E-state index in [0.29, 0.717) is 10.2 Å². The molecular formula is C23H24FN3OS. The Balaban J connectivity index is 1.43. The second-order valence-corrected chi connectivity index (χ2v) is 7.96. The van der Waals surface area contributed by atoms with Crippen LogP contribution in [0.2, 0.25) is 0 Å². The molecule has 1 aromatic heterocycles. The zero-order valence-electron chi connectivity index (χ0n) is 16.4. The van der Waals surface area contributed by atoms with Crippen LogP contribution in [0.15, 0.2) is 59.4 Å². The Morgan fingerprint density at radius 2 is 1.93 bits per heavy atom. The number of aromatic nitrogens is 2. The summed E-state index contributed by atoms with van der Waals surface area (Å²) in [5, 5.41) is 0.665. The first kappa shape index (κ1) is 19.7. The van der Waals surface area contributed by atoms with Gasteiger partial charge in [-0.3, -0.25) is 14.3 Å². The van der Waals surface area contributed by atoms with E-state index >= 15 is 0 Å². The van der Waals surface area contributed by atoms with Gasteiger partial charge in [-0.25, -0.2) is 4.39 Å². The van der Waals surface area contributed by atoms with Crippen LogP contribution >= 0.6 is 12.2 Å². The molecule has 0 aliphatic carbocycles. The number of rotatable bonds is 5. The van der Waals surface area contributed by atoms with E-state index in [1.807, 2.05) is 43.3 Å². The molecule has 0 radical (unpaired) electrons. The highest BCUT2D eigenvalue weighted by molar-refractivity contribution is 7.71. The molecule has 0 saturated carbocycles. The number of nitrogens with zero attached hydrogens (tertiary/aromatic N) is 2. The SMILES string of the molecule is C[C@@H](CCN1CC=C(c2ccc(F)cc2)CC1)n1c(=S)[nH]c2ccccc2c1=O. The Hall–Kier alpha value is -2.57. The number of hydrogen-bond acceptors (Lipinski definition) is 3. The van der Waals surface area contributed by atoms with Gasteiger partial charge in [-0.15, -0.1) is 0 Å². The molecule has 6 heteroatoms. The molecule has 0 bridgehead atoms. The summed E-state index contributed by atoms with van der Waals surface area (Å²) < 4.78 is 15.3. The van der Waals surface area contributed by atoms with Crippen molar-refractivity contribution in [2.75, 3.05) is 19.6 Å². The van der Waals surface area contributed by atoms with Crippen LogP contribution in [0.5, 0.6) is 0 Å². The Labute approximate surface area is 174 Å². The molecule has 4 rings (SSSR count). The van der Waals surface area contributed by atoms with E-state index in [2.05, 4.69) is 16.0 Å². The molecule has 4 nitrogen and oxygen atoms in total. The van der Waals surface area contributed by atoms with E-state index in [9.17, 15) is 9.18 Å². The van der Waals surface area contributed by atoms with Crippen molar-refractivity contribution in [3.05, 3.63) is 81.1 Å². The third-order valence-corrected chi connectivity index (χ3v) is 5.95. The van der Waals surface area contributed by atoms with Gasteiger partial charge in [0.1, 0.15) is 5.82 Å². The van der Waals surface area contributed by atoms with Gasteiger partial charge >= 0.3 is 0 Å². The van der Waals surface area contributed by atoms with Gasteiger partial charge in [0.25, 0.3) is 5.56 Å². The lowest BCUT2D eigenvalue weighted by atomic mass is 9.99. The van der Waals surface area contributed by atoms with Crippen LogP contribution in [0.4, 0.5) is 4.39 Å². The van der Waals surface area contributed by atoms with Gasteiger partial charge in [-0.2, -0.15) is 0 Å². The topological polar surface area (TPSA) is 41.0 Å². The van der Waals surface area contributed by atoms with Crippen molar-refractivity contribution in [1.82, 2.24) is 14.5 Å². The molecule has 0 unspecified atom stereocenters. The maximum Gasteiger partial charge on any atom is 0.262 e. The standard InChI is InChI=1S/C23H24FN3OS/c1-16(27-22(28)20-4-2-3-5-21(20)25-23(27)29)10-13-26-14-11-18(12-15-26)17-6-8-19(24)9-7-17/h2-9,11,16H,10,12-15H2,1H3,(H,25,29)/t16-/m0/s1. The molecular weight excluding hydrogens is 385 g/mol. The van der Waals surface area contributed by atoms with Crippen LogP contribution in [0.1, 0.15) is 31.4 Å². The van der Waals surface area contributed by atoms with Gasteiger partial charge in [0.15, 0.2) is 4.77 Å². The number of hydrogen-bond donors (Lipinski definition) is 1. The van der Waals surface area contributed by atoms with E-state index in [0.717, 1.165) is 43.6 Å². The Morgan fingerprint density at radius 3 is 2.66 bits per heavy atom. The quantitative estimate of drug-likeness (QED) is 0.607. The minimum absolute atomic E-state index is 0.0123. The van der Waals surface area contributed by atoms with Crippen LogP contribution in [-0.2, 0) is 0 Å². The van der Waals surface area contributed by atoms with Gasteiger partial charge in [0.2, 0.25) is 0 Å². The van der Waals surface area contributed by atoms with Crippen molar-refractivity contribution in [3.8, 4) is 0 Å². The Morgan fingerprint density at radius 1 is 1.17 bits per heavy atom. The third-order valence-electron chi connectivity index (χ3n) is 5.65. The van der Waals surface area contributed by atoms with E-state index in [1.165, 1.54) is 17.7 Å². The van der Waals surface area contributed by atoms with Crippen molar-refractivity contribution in [1.29, 1.82) is 0 Å². The lowest BCUT2D eigenvalue weighted by molar-refractivity contribution is 0.276. The van der Waals surface area contributed by atoms with Gasteiger partial charge < -0.3 is 4.98 Å². The van der Waals surface area contributed by atoms with E-state index in [-0.39, 0.29) is 17.4 Å². The molecule has 3 aromatic rings. The Kier molecular flexibility index (Phi) is 5.74. The fourth-order valence-electron chi connectivity index (χ4n) is 3.92. The minimum Gasteiger partial charge on any atom is -0.332 e. The fourth-order valence-corrected chi connectivity index (χ4v) is 4.29. The predicted molar refractivity (Wildman–Crippen MR) is 118 cm³/mol. The van der Waals surface area contributed by atoms with Crippen molar-refractivity contribution < 1.29 is 4.39 Å². The number of aromatic amines is 1. The number of para-hydroxylation sites is 1. The largest absolute Gasteiger partial charge is 0.332 e. The molecule has 0 spiro atoms. The Bertz CT molecular complexity index is 1160. The second-order valence-electron chi connectivity index (χ2n) is 7.58. The molecule has 1 aliphatic heterocycles. The molecule has 2 heterocycles. The van der Waals surface area contributed by atoms with Crippen molar-refractivity contribution in [2.24, 2.45) is 0 Å². The normalized spacial score (nSPS) is 16.0. The predicted octanol–water partition coefficient (Wildman–Crippen LogP) is 4.94. The number of nitrogens with one attached hydrogen (secondary N) is 1. The summed E-state index contributed by atoms with van der Waals surface area (Å²) >= 11 is 5.45. The molecule has 1 atom stereocenters. The molecule has 1 N–H and O–H groups in total. The minimum atomic E-state index is -0.205. The zero-order chi connectivity index (χ0) is 20.4. The summed E-state index contributed by atoms with van der Waals surface area (Å²) in [5.74, 6) is -0.205. The van der Waals surface area contributed by atoms with Gasteiger partial charge in [-0.1, -0.05) is 30.3 Å². The zero-order valence-corrected chi connectivity index (χ0v) is 17.2. The van der Waals surface area contributed by atoms with Crippen molar-refractivity contribution in [2.45, 2.75) is 25.8 Å². The van der Waals surface area contributed by atoms with Gasteiger partial charge in [0.05, 0.1) is 10.9 Å². The maximum atomic E-state index is 13.1. The average molecular weight is 410 g/mol. The third kappa shape index (κ3) is 4.23. The number of fused-ring (bicyclic) bond motifs is 1. The first-order chi connectivity index (χ1) is 14.0. The van der Waals surface area contributed by atoms with Crippen molar-refractivity contribution >= 4 is 28.7 Å². The number of benzene rings is 2. The van der Waals surface area contributed by atoms with Crippen LogP contribution in [-0.4, -0.2) is 34.1 Å². The lowest BCUT2D eigenvalue weighted by Crippen LogP contribution is -2.32. The van der Waals surface area contributed by atoms with E-state index < -0.39 is 0 Å². The summed E-state index contributed by atoms with van der Waals surface area (Å²) in [6.07, 6.45) is 4.00. The molecule has 0 amide bonds. The van der Waals surface area contributed by atoms with Gasteiger partial charge in [-0.05, 0) is 67.4 Å². The molecule has 0 fully saturated rings. The summed E-state index contributed by atoms with van der Waals surface area (Å²) in [5.41, 5.74) is 3.10. The highest BCUT2D eigenvalue weighted by atomic mass is 32.1. The number of halogens is 1. The monoisotopic (exact) mass is 409 g/mol. The van der Waals surface area contributed by atoms with Crippen LogP contribution in [0.3, 0.4) is 0 Å². The van der Waals surface area contributed by atoms with Crippen LogP contribution in [0, 0.1) is 10.6 Å². The van der Waals surface area contributed by atoms with E-state index in [4.69, 9.17) is 12.2 Å². The summed E-state index contributed by atoms with van der Waals surface area (Å²) in [6, 6.07) is 14.2. The highest BCUT2D eigenvalue weighted by Gasteiger charge is 2.16. The van der Waals surface area contributed by atoms with E-state index in [1.54, 1.807) is 4.57 Å². The number of H-pyrrole nitrogens is 1. The van der Waals surface area contributed by atoms with Crippen LogP contribution < -0.4 is 5.56 Å². The van der Waals surface area contributed by atoms with Crippen LogP contribution in [0.25, 0.3) is 16.5 Å². The molecule has 29 heavy (non-hydrogen) atoms. The molecule has 0 saturated heterocycles. The summed E-state index contributed by atoms with van der Waals surface area (Å²) in [6.45, 7) is 4.75. The molecule has 150 valence electrons. The maximum absolute atomic E-state index is 13.1.